The lowest BCUT2D eigenvalue weighted by Crippen LogP contribution is -2.01. The summed E-state index contributed by atoms with van der Waals surface area (Å²) in [6, 6.07) is 4.21. The van der Waals surface area contributed by atoms with E-state index < -0.39 is 0 Å². The molecule has 0 aliphatic heterocycles. The van der Waals surface area contributed by atoms with E-state index in [1.165, 1.54) is 16.7 Å². The minimum absolute atomic E-state index is 0.924. The summed E-state index contributed by atoms with van der Waals surface area (Å²) in [5, 5.41) is 3.94. The molecule has 2 nitrogen and oxygen atoms in total. The van der Waals surface area contributed by atoms with Crippen LogP contribution in [0.3, 0.4) is 0 Å². The van der Waals surface area contributed by atoms with Gasteiger partial charge in [-0.15, -0.1) is 0 Å². The van der Waals surface area contributed by atoms with E-state index in [1.54, 1.807) is 7.11 Å². The fraction of sp³-hybridized carbons (Fsp3) is 0.417. The van der Waals surface area contributed by atoms with Gasteiger partial charge in [0.2, 0.25) is 0 Å². The molecule has 2 heteroatoms. The van der Waals surface area contributed by atoms with Crippen molar-refractivity contribution in [2.45, 2.75) is 27.7 Å². The van der Waals surface area contributed by atoms with Crippen molar-refractivity contribution in [1.29, 1.82) is 0 Å². The van der Waals surface area contributed by atoms with Gasteiger partial charge in [0.05, 0.1) is 5.71 Å². The van der Waals surface area contributed by atoms with Gasteiger partial charge < -0.3 is 4.84 Å². The van der Waals surface area contributed by atoms with Crippen LogP contribution in [-0.4, -0.2) is 12.8 Å². The quantitative estimate of drug-likeness (QED) is 0.520. The van der Waals surface area contributed by atoms with E-state index in [9.17, 15) is 0 Å². The summed E-state index contributed by atoms with van der Waals surface area (Å²) in [4.78, 5) is 4.77. The van der Waals surface area contributed by atoms with Crippen LogP contribution in [0, 0.1) is 20.8 Å². The standard InChI is InChI=1S/C12H17NO/c1-8-6-7-12(10(3)9(8)2)11(4)13-14-5/h6-7H,1-5H3/b13-11+. The Kier molecular flexibility index (Phi) is 3.28. The van der Waals surface area contributed by atoms with Gasteiger partial charge >= 0.3 is 0 Å². The van der Waals surface area contributed by atoms with Crippen molar-refractivity contribution >= 4 is 5.71 Å². The third kappa shape index (κ3) is 1.95. The molecule has 0 aliphatic rings. The summed E-state index contributed by atoms with van der Waals surface area (Å²) >= 11 is 0. The first-order valence-electron chi connectivity index (χ1n) is 4.73. The normalized spacial score (nSPS) is 11.6. The molecule has 1 rings (SSSR count). The molecule has 0 N–H and O–H groups in total. The van der Waals surface area contributed by atoms with Crippen molar-refractivity contribution < 1.29 is 4.84 Å². The molecule has 0 spiro atoms. The van der Waals surface area contributed by atoms with Crippen molar-refractivity contribution in [2.24, 2.45) is 5.16 Å². The lowest BCUT2D eigenvalue weighted by atomic mass is 9.97. The highest BCUT2D eigenvalue weighted by Crippen LogP contribution is 2.17. The zero-order valence-electron chi connectivity index (χ0n) is 9.51. The maximum absolute atomic E-state index is 4.77. The minimum atomic E-state index is 0.924. The molecule has 0 aromatic heterocycles. The van der Waals surface area contributed by atoms with Crippen LogP contribution >= 0.6 is 0 Å². The average molecular weight is 191 g/mol. The van der Waals surface area contributed by atoms with Crippen molar-refractivity contribution in [1.82, 2.24) is 0 Å². The fourth-order valence-corrected chi connectivity index (χ4v) is 1.53. The molecule has 0 atom stereocenters. The predicted molar refractivity (Wildman–Crippen MR) is 59.9 cm³/mol. The van der Waals surface area contributed by atoms with E-state index in [0.717, 1.165) is 11.3 Å². The second kappa shape index (κ2) is 4.27. The highest BCUT2D eigenvalue weighted by molar-refractivity contribution is 5.99. The number of nitrogens with zero attached hydrogens (tertiary/aromatic N) is 1. The molecule has 0 aliphatic carbocycles. The monoisotopic (exact) mass is 191 g/mol. The van der Waals surface area contributed by atoms with Crippen molar-refractivity contribution in [3.8, 4) is 0 Å². The van der Waals surface area contributed by atoms with Crippen molar-refractivity contribution in [2.75, 3.05) is 7.11 Å². The molecular weight excluding hydrogens is 174 g/mol. The van der Waals surface area contributed by atoms with Crippen LogP contribution in [0.4, 0.5) is 0 Å². The molecule has 0 unspecified atom stereocenters. The van der Waals surface area contributed by atoms with Crippen molar-refractivity contribution in [3.05, 3.63) is 34.4 Å². The molecule has 0 saturated carbocycles. The predicted octanol–water partition coefficient (Wildman–Crippen LogP) is 2.98. The van der Waals surface area contributed by atoms with E-state index in [1.807, 2.05) is 6.92 Å². The van der Waals surface area contributed by atoms with Gasteiger partial charge in [-0.1, -0.05) is 17.3 Å². The molecule has 1 aromatic carbocycles. The third-order valence-corrected chi connectivity index (χ3v) is 2.68. The van der Waals surface area contributed by atoms with Gasteiger partial charge in [0.15, 0.2) is 0 Å². The third-order valence-electron chi connectivity index (χ3n) is 2.68. The van der Waals surface area contributed by atoms with E-state index in [-0.39, 0.29) is 0 Å². The Balaban J connectivity index is 3.24. The molecule has 1 aromatic rings. The minimum Gasteiger partial charge on any atom is -0.399 e. The van der Waals surface area contributed by atoms with Gasteiger partial charge in [-0.3, -0.25) is 0 Å². The summed E-state index contributed by atoms with van der Waals surface area (Å²) in [5.41, 5.74) is 6.01. The number of aryl methyl sites for hydroxylation is 1. The Morgan fingerprint density at radius 2 is 1.79 bits per heavy atom. The second-order valence-corrected chi connectivity index (χ2v) is 3.54. The molecule has 0 radical (unpaired) electrons. The van der Waals surface area contributed by atoms with Crippen LogP contribution in [0.1, 0.15) is 29.2 Å². The average Bonchev–Trinajstić information content (AvgIpc) is 2.15. The molecule has 0 fully saturated rings. The SMILES string of the molecule is CO/N=C(\C)c1ccc(C)c(C)c1C. The summed E-state index contributed by atoms with van der Waals surface area (Å²) in [6.45, 7) is 8.33. The van der Waals surface area contributed by atoms with Crippen LogP contribution in [0.5, 0.6) is 0 Å². The van der Waals surface area contributed by atoms with Crippen LogP contribution < -0.4 is 0 Å². The van der Waals surface area contributed by atoms with Gasteiger partial charge in [0, 0.05) is 5.56 Å². The van der Waals surface area contributed by atoms with Gasteiger partial charge in [-0.05, 0) is 44.4 Å². The molecule has 0 saturated heterocycles. The van der Waals surface area contributed by atoms with Gasteiger partial charge in [0.1, 0.15) is 7.11 Å². The molecule has 0 heterocycles. The summed E-state index contributed by atoms with van der Waals surface area (Å²) in [6.07, 6.45) is 0. The maximum Gasteiger partial charge on any atom is 0.106 e. The Hall–Kier alpha value is -1.31. The van der Waals surface area contributed by atoms with Crippen LogP contribution in [0.15, 0.2) is 17.3 Å². The lowest BCUT2D eigenvalue weighted by molar-refractivity contribution is 0.213. The van der Waals surface area contributed by atoms with Crippen molar-refractivity contribution in [3.63, 3.8) is 0 Å². The molecule has 0 bridgehead atoms. The zero-order valence-corrected chi connectivity index (χ0v) is 9.51. The first-order chi connectivity index (χ1) is 6.57. The Morgan fingerprint density at radius 1 is 1.14 bits per heavy atom. The van der Waals surface area contributed by atoms with E-state index >= 15 is 0 Å². The Bertz CT molecular complexity index is 367. The second-order valence-electron chi connectivity index (χ2n) is 3.54. The number of rotatable bonds is 2. The Morgan fingerprint density at radius 3 is 2.36 bits per heavy atom. The molecule has 14 heavy (non-hydrogen) atoms. The maximum atomic E-state index is 4.77. The molecular formula is C12H17NO. The highest BCUT2D eigenvalue weighted by atomic mass is 16.6. The summed E-state index contributed by atoms with van der Waals surface area (Å²) < 4.78 is 0. The van der Waals surface area contributed by atoms with E-state index in [2.05, 4.69) is 38.1 Å². The lowest BCUT2D eigenvalue weighted by Gasteiger charge is -2.10. The summed E-state index contributed by atoms with van der Waals surface area (Å²) in [7, 11) is 1.57. The van der Waals surface area contributed by atoms with Crippen LogP contribution in [0.2, 0.25) is 0 Å². The molecule has 0 amide bonds. The van der Waals surface area contributed by atoms with Crippen LogP contribution in [0.25, 0.3) is 0 Å². The largest absolute Gasteiger partial charge is 0.399 e. The number of hydrogen-bond acceptors (Lipinski definition) is 2. The smallest absolute Gasteiger partial charge is 0.106 e. The van der Waals surface area contributed by atoms with E-state index in [4.69, 9.17) is 4.84 Å². The summed E-state index contributed by atoms with van der Waals surface area (Å²) in [5.74, 6) is 0. The first kappa shape index (κ1) is 10.8. The number of oxime groups is 1. The molecule has 76 valence electrons. The fourth-order valence-electron chi connectivity index (χ4n) is 1.53. The topological polar surface area (TPSA) is 21.6 Å². The zero-order chi connectivity index (χ0) is 10.7. The number of benzene rings is 1. The van der Waals surface area contributed by atoms with Gasteiger partial charge in [-0.25, -0.2) is 0 Å². The van der Waals surface area contributed by atoms with Gasteiger partial charge in [-0.2, -0.15) is 0 Å². The van der Waals surface area contributed by atoms with E-state index in [0.29, 0.717) is 0 Å². The number of hydrogen-bond donors (Lipinski definition) is 0. The van der Waals surface area contributed by atoms with Gasteiger partial charge in [0.25, 0.3) is 0 Å². The first-order valence-corrected chi connectivity index (χ1v) is 4.73. The Labute approximate surface area is 85.6 Å². The highest BCUT2D eigenvalue weighted by Gasteiger charge is 2.06. The van der Waals surface area contributed by atoms with Crippen LogP contribution in [-0.2, 0) is 4.84 Å².